The molecule has 0 spiro atoms. The molecule has 2 heterocycles. The molecule has 0 aromatic carbocycles. The molecule has 1 aromatic rings. The molecule has 1 N–H and O–H groups in total. The van der Waals surface area contributed by atoms with E-state index in [1.54, 1.807) is 0 Å². The number of rotatable bonds is 4. The molecule has 1 saturated heterocycles. The van der Waals surface area contributed by atoms with E-state index >= 15 is 0 Å². The summed E-state index contributed by atoms with van der Waals surface area (Å²) in [7, 11) is 0. The normalized spacial score (nSPS) is 18.5. The second-order valence-electron chi connectivity index (χ2n) is 4.71. The van der Waals surface area contributed by atoms with Crippen LogP contribution in [0.25, 0.3) is 0 Å². The predicted molar refractivity (Wildman–Crippen MR) is 76.9 cm³/mol. The van der Waals surface area contributed by atoms with Crippen LogP contribution >= 0.6 is 22.6 Å². The second-order valence-corrected chi connectivity index (χ2v) is 5.81. The molecule has 1 aromatic heterocycles. The Morgan fingerprint density at radius 2 is 2.12 bits per heavy atom. The molecule has 3 nitrogen and oxygen atoms in total. The number of nitrogens with zero attached hydrogens (tertiary/aromatic N) is 2. The molecule has 94 valence electrons. The molecule has 4 heteroatoms. The Morgan fingerprint density at radius 1 is 1.35 bits per heavy atom. The molecule has 0 atom stereocenters. The lowest BCUT2D eigenvalue weighted by molar-refractivity contribution is 0.132. The molecule has 0 bridgehead atoms. The maximum atomic E-state index is 9.08. The number of hydrogen-bond donors (Lipinski definition) is 1. The van der Waals surface area contributed by atoms with Gasteiger partial charge in [0.1, 0.15) is 3.70 Å². The fourth-order valence-electron chi connectivity index (χ4n) is 2.23. The van der Waals surface area contributed by atoms with Crippen molar-refractivity contribution in [2.75, 3.05) is 26.2 Å². The van der Waals surface area contributed by atoms with Gasteiger partial charge in [-0.15, -0.1) is 0 Å². The van der Waals surface area contributed by atoms with Crippen molar-refractivity contribution in [2.24, 2.45) is 5.92 Å². The lowest BCUT2D eigenvalue weighted by atomic mass is 9.98. The standard InChI is InChI=1S/C13H19IN2O/c14-13-2-1-11(9-15-13)3-6-16-7-4-12(10-17)5-8-16/h1-2,9,12,17H,3-8,10H2. The number of halogens is 1. The molecule has 1 fully saturated rings. The van der Waals surface area contributed by atoms with Gasteiger partial charge in [0.25, 0.3) is 0 Å². The van der Waals surface area contributed by atoms with Gasteiger partial charge in [0, 0.05) is 19.3 Å². The van der Waals surface area contributed by atoms with Crippen LogP contribution in [0.1, 0.15) is 18.4 Å². The highest BCUT2D eigenvalue weighted by Crippen LogP contribution is 2.16. The molecule has 0 saturated carbocycles. The highest BCUT2D eigenvalue weighted by Gasteiger charge is 2.17. The van der Waals surface area contributed by atoms with E-state index in [0.29, 0.717) is 12.5 Å². The SMILES string of the molecule is OCC1CCN(CCc2ccc(I)nc2)CC1. The van der Waals surface area contributed by atoms with Crippen LogP contribution in [0.2, 0.25) is 0 Å². The summed E-state index contributed by atoms with van der Waals surface area (Å²) in [5.74, 6) is 0.534. The first kappa shape index (κ1) is 13.2. The quantitative estimate of drug-likeness (QED) is 0.669. The van der Waals surface area contributed by atoms with E-state index < -0.39 is 0 Å². The molecule has 1 aliphatic heterocycles. The van der Waals surface area contributed by atoms with Gasteiger partial charge in [0.05, 0.1) is 0 Å². The molecule has 0 amide bonds. The highest BCUT2D eigenvalue weighted by atomic mass is 127. The summed E-state index contributed by atoms with van der Waals surface area (Å²) < 4.78 is 1.05. The number of aliphatic hydroxyl groups is 1. The van der Waals surface area contributed by atoms with E-state index in [1.807, 2.05) is 6.20 Å². The highest BCUT2D eigenvalue weighted by molar-refractivity contribution is 14.1. The van der Waals surface area contributed by atoms with Crippen molar-refractivity contribution in [3.05, 3.63) is 27.6 Å². The summed E-state index contributed by atoms with van der Waals surface area (Å²) in [6.45, 7) is 3.72. The summed E-state index contributed by atoms with van der Waals surface area (Å²) >= 11 is 2.23. The Hall–Kier alpha value is -0.200. The number of aliphatic hydroxyl groups excluding tert-OH is 1. The van der Waals surface area contributed by atoms with Crippen LogP contribution in [0.5, 0.6) is 0 Å². The van der Waals surface area contributed by atoms with Crippen molar-refractivity contribution in [1.29, 1.82) is 0 Å². The average molecular weight is 346 g/mol. The zero-order valence-corrected chi connectivity index (χ0v) is 12.1. The molecule has 0 radical (unpaired) electrons. The van der Waals surface area contributed by atoms with E-state index in [0.717, 1.165) is 42.6 Å². The van der Waals surface area contributed by atoms with Crippen LogP contribution in [0, 0.1) is 9.62 Å². The van der Waals surface area contributed by atoms with Crippen LogP contribution in [-0.4, -0.2) is 41.2 Å². The van der Waals surface area contributed by atoms with Gasteiger partial charge in [-0.1, -0.05) is 6.07 Å². The monoisotopic (exact) mass is 346 g/mol. The van der Waals surface area contributed by atoms with Crippen molar-refractivity contribution in [3.63, 3.8) is 0 Å². The second kappa shape index (κ2) is 6.66. The third-order valence-electron chi connectivity index (χ3n) is 3.47. The van der Waals surface area contributed by atoms with Gasteiger partial charge in [0.2, 0.25) is 0 Å². The minimum atomic E-state index is 0.356. The zero-order chi connectivity index (χ0) is 12.1. The Bertz CT molecular complexity index is 334. The van der Waals surface area contributed by atoms with E-state index in [4.69, 9.17) is 5.11 Å². The third kappa shape index (κ3) is 4.19. The van der Waals surface area contributed by atoms with Gasteiger partial charge in [-0.3, -0.25) is 4.98 Å². The number of hydrogen-bond acceptors (Lipinski definition) is 3. The van der Waals surface area contributed by atoms with E-state index in [-0.39, 0.29) is 0 Å². The fourth-order valence-corrected chi connectivity index (χ4v) is 2.55. The summed E-state index contributed by atoms with van der Waals surface area (Å²) in [6.07, 6.45) is 5.33. The van der Waals surface area contributed by atoms with Crippen LogP contribution in [0.3, 0.4) is 0 Å². The van der Waals surface area contributed by atoms with Crippen molar-refractivity contribution in [1.82, 2.24) is 9.88 Å². The van der Waals surface area contributed by atoms with Crippen LogP contribution in [-0.2, 0) is 6.42 Å². The lowest BCUT2D eigenvalue weighted by Gasteiger charge is -2.30. The average Bonchev–Trinajstić information content (AvgIpc) is 2.39. The molecule has 0 aliphatic carbocycles. The maximum absolute atomic E-state index is 9.08. The Morgan fingerprint density at radius 3 is 2.71 bits per heavy atom. The first-order valence-corrected chi connectivity index (χ1v) is 7.29. The van der Waals surface area contributed by atoms with E-state index in [2.05, 4.69) is 44.6 Å². The molecule has 0 unspecified atom stereocenters. The van der Waals surface area contributed by atoms with E-state index in [1.165, 1.54) is 5.56 Å². The minimum absolute atomic E-state index is 0.356. The Balaban J connectivity index is 1.74. The van der Waals surface area contributed by atoms with Gasteiger partial charge in [0.15, 0.2) is 0 Å². The van der Waals surface area contributed by atoms with Crippen molar-refractivity contribution < 1.29 is 5.11 Å². The van der Waals surface area contributed by atoms with Crippen molar-refractivity contribution in [3.8, 4) is 0 Å². The van der Waals surface area contributed by atoms with E-state index in [9.17, 15) is 0 Å². The van der Waals surface area contributed by atoms with Gasteiger partial charge in [-0.25, -0.2) is 0 Å². The van der Waals surface area contributed by atoms with Crippen LogP contribution in [0.15, 0.2) is 18.3 Å². The minimum Gasteiger partial charge on any atom is -0.396 e. The lowest BCUT2D eigenvalue weighted by Crippen LogP contribution is -2.36. The third-order valence-corrected chi connectivity index (χ3v) is 4.11. The van der Waals surface area contributed by atoms with Gasteiger partial charge in [-0.05, 0) is 72.5 Å². The Labute approximate surface area is 116 Å². The van der Waals surface area contributed by atoms with Gasteiger partial charge < -0.3 is 10.0 Å². The van der Waals surface area contributed by atoms with Gasteiger partial charge in [-0.2, -0.15) is 0 Å². The summed E-state index contributed by atoms with van der Waals surface area (Å²) in [5.41, 5.74) is 1.31. The molecular formula is C13H19IN2O. The molecule has 17 heavy (non-hydrogen) atoms. The molecule has 1 aliphatic rings. The van der Waals surface area contributed by atoms with Crippen LogP contribution in [0.4, 0.5) is 0 Å². The first-order valence-electron chi connectivity index (χ1n) is 6.21. The largest absolute Gasteiger partial charge is 0.396 e. The summed E-state index contributed by atoms with van der Waals surface area (Å²) in [4.78, 5) is 6.79. The van der Waals surface area contributed by atoms with Crippen LogP contribution < -0.4 is 0 Å². The zero-order valence-electron chi connectivity index (χ0n) is 9.98. The number of aromatic nitrogens is 1. The Kier molecular flexibility index (Phi) is 5.18. The first-order chi connectivity index (χ1) is 8.28. The molecule has 2 rings (SSSR count). The summed E-state index contributed by atoms with van der Waals surface area (Å²) in [6, 6.07) is 4.23. The van der Waals surface area contributed by atoms with Crippen molar-refractivity contribution >= 4 is 22.6 Å². The smallest absolute Gasteiger partial charge is 0.101 e. The number of likely N-dealkylation sites (tertiary alicyclic amines) is 1. The fraction of sp³-hybridized carbons (Fsp3) is 0.615. The van der Waals surface area contributed by atoms with Crippen molar-refractivity contribution in [2.45, 2.75) is 19.3 Å². The summed E-state index contributed by atoms with van der Waals surface area (Å²) in [5, 5.41) is 9.08. The van der Waals surface area contributed by atoms with Gasteiger partial charge >= 0.3 is 0 Å². The maximum Gasteiger partial charge on any atom is 0.101 e. The predicted octanol–water partition coefficient (Wildman–Crippen LogP) is 1.93. The number of pyridine rings is 1. The molecular weight excluding hydrogens is 327 g/mol. The topological polar surface area (TPSA) is 36.4 Å². The number of piperidine rings is 1.